The van der Waals surface area contributed by atoms with Crippen molar-refractivity contribution in [3.05, 3.63) is 24.3 Å². The second kappa shape index (κ2) is 9.42. The van der Waals surface area contributed by atoms with Gasteiger partial charge < -0.3 is 0 Å². The zero-order chi connectivity index (χ0) is 5.66. The molecule has 0 heterocycles. The van der Waals surface area contributed by atoms with Crippen LogP contribution in [0.2, 0.25) is 0 Å². The number of halogens is 1. The van der Waals surface area contributed by atoms with Crippen molar-refractivity contribution in [2.45, 2.75) is 25.7 Å². The molecule has 0 saturated heterocycles. The molecular weight excluding hydrogens is 324 g/mol. The van der Waals surface area contributed by atoms with E-state index in [1.807, 2.05) is 0 Å². The fourth-order valence-electron chi connectivity index (χ4n) is 0.874. The predicted molar refractivity (Wildman–Crippen MR) is 44.0 cm³/mol. The molecular formula is C8H13ClIr. The first-order valence-electron chi connectivity index (χ1n) is 3.32. The summed E-state index contributed by atoms with van der Waals surface area (Å²) >= 11 is 0. The Morgan fingerprint density at radius 3 is 1.60 bits per heavy atom. The normalized spacial score (nSPS) is 22.4. The predicted octanol–water partition coefficient (Wildman–Crippen LogP) is 3.09. The maximum atomic E-state index is 2.23. The van der Waals surface area contributed by atoms with Crippen molar-refractivity contribution in [1.82, 2.24) is 0 Å². The molecule has 2 heteroatoms. The minimum Gasteiger partial charge on any atom is -0.147 e. The van der Waals surface area contributed by atoms with Crippen molar-refractivity contribution in [3.63, 3.8) is 0 Å². The molecule has 1 aliphatic rings. The van der Waals surface area contributed by atoms with Crippen LogP contribution in [0.3, 0.4) is 0 Å². The molecule has 1 rings (SSSR count). The average Bonchev–Trinajstić information content (AvgIpc) is 1.62. The van der Waals surface area contributed by atoms with Gasteiger partial charge >= 0.3 is 0 Å². The fourth-order valence-corrected chi connectivity index (χ4v) is 0.874. The first kappa shape index (κ1) is 13.0. The van der Waals surface area contributed by atoms with Crippen molar-refractivity contribution < 1.29 is 20.1 Å². The van der Waals surface area contributed by atoms with Gasteiger partial charge in [0.25, 0.3) is 0 Å². The summed E-state index contributed by atoms with van der Waals surface area (Å²) in [7, 11) is 0. The van der Waals surface area contributed by atoms with E-state index in [9.17, 15) is 0 Å². The van der Waals surface area contributed by atoms with E-state index < -0.39 is 0 Å². The Morgan fingerprint density at radius 1 is 0.800 bits per heavy atom. The Morgan fingerprint density at radius 2 is 1.20 bits per heavy atom. The molecule has 0 amide bonds. The molecule has 0 atom stereocenters. The van der Waals surface area contributed by atoms with Crippen LogP contribution >= 0.6 is 12.4 Å². The summed E-state index contributed by atoms with van der Waals surface area (Å²) < 4.78 is 0. The Bertz CT molecular complexity index is 93.8. The SMILES string of the molecule is C1=C\CCCC\C=C/1.Cl.[Ir]. The molecule has 0 N–H and O–H groups in total. The van der Waals surface area contributed by atoms with Gasteiger partial charge in [0.05, 0.1) is 0 Å². The largest absolute Gasteiger partial charge is 0.147 e. The van der Waals surface area contributed by atoms with Crippen LogP contribution in [0.4, 0.5) is 0 Å². The Kier molecular flexibility index (Phi) is 12.3. The fraction of sp³-hybridized carbons (Fsp3) is 0.500. The molecule has 1 radical (unpaired) electrons. The van der Waals surface area contributed by atoms with Crippen molar-refractivity contribution in [3.8, 4) is 0 Å². The van der Waals surface area contributed by atoms with Gasteiger partial charge in [0, 0.05) is 20.1 Å². The monoisotopic (exact) mass is 337 g/mol. The average molecular weight is 337 g/mol. The minimum atomic E-state index is 0. The molecule has 0 aromatic heterocycles. The van der Waals surface area contributed by atoms with Gasteiger partial charge in [0.2, 0.25) is 0 Å². The van der Waals surface area contributed by atoms with Crippen molar-refractivity contribution >= 4 is 12.4 Å². The topological polar surface area (TPSA) is 0 Å². The molecule has 10 heavy (non-hydrogen) atoms. The van der Waals surface area contributed by atoms with Gasteiger partial charge in [-0.1, -0.05) is 24.3 Å². The molecule has 0 unspecified atom stereocenters. The molecule has 0 aromatic rings. The van der Waals surface area contributed by atoms with Crippen molar-refractivity contribution in [2.24, 2.45) is 0 Å². The van der Waals surface area contributed by atoms with E-state index >= 15 is 0 Å². The van der Waals surface area contributed by atoms with Crippen LogP contribution in [-0.4, -0.2) is 0 Å². The zero-order valence-corrected chi connectivity index (χ0v) is 9.09. The van der Waals surface area contributed by atoms with E-state index in [0.717, 1.165) is 0 Å². The van der Waals surface area contributed by atoms with Crippen LogP contribution < -0.4 is 0 Å². The third-order valence-electron chi connectivity index (χ3n) is 1.37. The molecule has 0 spiro atoms. The summed E-state index contributed by atoms with van der Waals surface area (Å²) in [6.45, 7) is 0. The molecule has 0 nitrogen and oxygen atoms in total. The number of hydrogen-bond donors (Lipinski definition) is 0. The summed E-state index contributed by atoms with van der Waals surface area (Å²) in [4.78, 5) is 0. The first-order valence-corrected chi connectivity index (χ1v) is 3.32. The Hall–Kier alpha value is 0.419. The van der Waals surface area contributed by atoms with Gasteiger partial charge in [-0.3, -0.25) is 0 Å². The maximum absolute atomic E-state index is 2.23. The Balaban J connectivity index is 0. The molecule has 0 saturated carbocycles. The summed E-state index contributed by atoms with van der Waals surface area (Å²) in [6, 6.07) is 0. The van der Waals surface area contributed by atoms with E-state index in [0.29, 0.717) is 0 Å². The summed E-state index contributed by atoms with van der Waals surface area (Å²) in [6.07, 6.45) is 14.0. The Labute approximate surface area is 82.5 Å². The first-order chi connectivity index (χ1) is 4.00. The molecule has 1 aliphatic carbocycles. The van der Waals surface area contributed by atoms with Gasteiger partial charge in [-0.05, 0) is 25.7 Å². The van der Waals surface area contributed by atoms with Crippen LogP contribution in [0.15, 0.2) is 24.3 Å². The zero-order valence-electron chi connectivity index (χ0n) is 5.88. The van der Waals surface area contributed by atoms with E-state index in [2.05, 4.69) is 24.3 Å². The second-order valence-electron chi connectivity index (χ2n) is 2.14. The van der Waals surface area contributed by atoms with Crippen LogP contribution in [0, 0.1) is 0 Å². The molecule has 0 aliphatic heterocycles. The number of rotatable bonds is 0. The summed E-state index contributed by atoms with van der Waals surface area (Å²) in [5, 5.41) is 0. The van der Waals surface area contributed by atoms with Crippen LogP contribution in [0.5, 0.6) is 0 Å². The maximum Gasteiger partial charge on any atom is 0 e. The quantitative estimate of drug-likeness (QED) is 0.637. The minimum absolute atomic E-state index is 0. The van der Waals surface area contributed by atoms with E-state index in [-0.39, 0.29) is 32.5 Å². The van der Waals surface area contributed by atoms with Gasteiger partial charge in [-0.25, -0.2) is 0 Å². The third kappa shape index (κ3) is 6.54. The summed E-state index contributed by atoms with van der Waals surface area (Å²) in [5.74, 6) is 0. The number of allylic oxidation sites excluding steroid dienone is 4. The van der Waals surface area contributed by atoms with Crippen LogP contribution in [-0.2, 0) is 20.1 Å². The van der Waals surface area contributed by atoms with Crippen LogP contribution in [0.1, 0.15) is 25.7 Å². The van der Waals surface area contributed by atoms with Crippen molar-refractivity contribution in [1.29, 1.82) is 0 Å². The molecule has 0 bridgehead atoms. The van der Waals surface area contributed by atoms with E-state index in [4.69, 9.17) is 0 Å². The third-order valence-corrected chi connectivity index (χ3v) is 1.37. The molecule has 0 fully saturated rings. The van der Waals surface area contributed by atoms with Crippen molar-refractivity contribution in [2.75, 3.05) is 0 Å². The number of hydrogen-bond acceptors (Lipinski definition) is 0. The van der Waals surface area contributed by atoms with Gasteiger partial charge in [-0.2, -0.15) is 0 Å². The van der Waals surface area contributed by atoms with Crippen LogP contribution in [0.25, 0.3) is 0 Å². The summed E-state index contributed by atoms with van der Waals surface area (Å²) in [5.41, 5.74) is 0. The molecule has 0 aromatic carbocycles. The second-order valence-corrected chi connectivity index (χ2v) is 2.14. The van der Waals surface area contributed by atoms with Gasteiger partial charge in [0.1, 0.15) is 0 Å². The standard InChI is InChI=1S/C8H12.ClH.Ir/c1-2-4-6-8-7-5-3-1;;/h1-4H,5-8H2;1H;/b3-1-,4-2-;;. The molecule has 61 valence electrons. The van der Waals surface area contributed by atoms with E-state index in [1.165, 1.54) is 25.7 Å². The van der Waals surface area contributed by atoms with E-state index in [1.54, 1.807) is 0 Å². The van der Waals surface area contributed by atoms with Gasteiger partial charge in [-0.15, -0.1) is 12.4 Å². The smallest absolute Gasteiger partial charge is 0 e. The van der Waals surface area contributed by atoms with Gasteiger partial charge in [0.15, 0.2) is 0 Å².